The summed E-state index contributed by atoms with van der Waals surface area (Å²) >= 11 is 0. The van der Waals surface area contributed by atoms with Crippen molar-refractivity contribution in [2.75, 3.05) is 0 Å². The number of hydrogen-bond acceptors (Lipinski definition) is 2. The Morgan fingerprint density at radius 3 is 2.08 bits per heavy atom. The molecular weight excluding hydrogens is 344 g/mol. The zero-order valence-corrected chi connectivity index (χ0v) is 15.4. The van der Waals surface area contributed by atoms with Crippen LogP contribution in [-0.2, 0) is 10.0 Å². The number of rotatable bonds is 7. The van der Waals surface area contributed by atoms with Crippen LogP contribution < -0.4 is 4.72 Å². The molecule has 2 atom stereocenters. The third kappa shape index (κ3) is 4.64. The number of benzene rings is 2. The maximum Gasteiger partial charge on any atom is 0.244 e. The molecule has 0 aliphatic heterocycles. The Kier molecular flexibility index (Phi) is 6.30. The molecule has 0 bridgehead atoms. The first-order valence-electron chi connectivity index (χ1n) is 8.35. The predicted octanol–water partition coefficient (Wildman–Crippen LogP) is 4.91. The molecule has 1 N–H and O–H groups in total. The highest BCUT2D eigenvalue weighted by molar-refractivity contribution is 7.89. The highest BCUT2D eigenvalue weighted by Crippen LogP contribution is 2.25. The van der Waals surface area contributed by atoms with Crippen molar-refractivity contribution in [2.24, 2.45) is 0 Å². The average Bonchev–Trinajstić information content (AvgIpc) is 2.58. The number of halogens is 2. The lowest BCUT2D eigenvalue weighted by atomic mass is 9.96. The van der Waals surface area contributed by atoms with Gasteiger partial charge in [0.25, 0.3) is 0 Å². The Labute approximate surface area is 148 Å². The molecule has 0 spiro atoms. The Hall–Kier alpha value is -1.79. The van der Waals surface area contributed by atoms with Crippen molar-refractivity contribution in [3.63, 3.8) is 0 Å². The molecule has 2 aromatic rings. The molecule has 2 rings (SSSR count). The second-order valence-electron chi connectivity index (χ2n) is 6.13. The van der Waals surface area contributed by atoms with Crippen molar-refractivity contribution in [1.29, 1.82) is 0 Å². The lowest BCUT2D eigenvalue weighted by molar-refractivity contribution is 0.528. The van der Waals surface area contributed by atoms with Gasteiger partial charge in [-0.2, -0.15) is 0 Å². The van der Waals surface area contributed by atoms with Crippen LogP contribution in [0.5, 0.6) is 0 Å². The molecule has 0 saturated heterocycles. The van der Waals surface area contributed by atoms with Crippen LogP contribution in [0.1, 0.15) is 56.7 Å². The van der Waals surface area contributed by atoms with Gasteiger partial charge in [-0.3, -0.25) is 0 Å². The fourth-order valence-electron chi connectivity index (χ4n) is 2.62. The van der Waals surface area contributed by atoms with Gasteiger partial charge in [0, 0.05) is 12.1 Å². The van der Waals surface area contributed by atoms with E-state index in [1.165, 1.54) is 5.56 Å². The summed E-state index contributed by atoms with van der Waals surface area (Å²) < 4.78 is 54.2. The van der Waals surface area contributed by atoms with Crippen molar-refractivity contribution in [2.45, 2.75) is 50.5 Å². The number of hydrogen-bond donors (Lipinski definition) is 1. The summed E-state index contributed by atoms with van der Waals surface area (Å²) in [5.74, 6) is -1.49. The van der Waals surface area contributed by atoms with Gasteiger partial charge in [0.15, 0.2) is 0 Å². The van der Waals surface area contributed by atoms with Crippen LogP contribution in [0.3, 0.4) is 0 Å². The van der Waals surface area contributed by atoms with Crippen LogP contribution >= 0.6 is 0 Å². The van der Waals surface area contributed by atoms with Crippen molar-refractivity contribution < 1.29 is 17.2 Å². The molecule has 136 valence electrons. The van der Waals surface area contributed by atoms with Gasteiger partial charge in [-0.25, -0.2) is 21.9 Å². The summed E-state index contributed by atoms with van der Waals surface area (Å²) in [6, 6.07) is 9.69. The summed E-state index contributed by atoms with van der Waals surface area (Å²) in [6.07, 6.45) is 1.53. The minimum absolute atomic E-state index is 0.430. The standard InChI is InChI=1S/C19H23F2NO2S/c1-4-13(3)14-6-8-15(9-7-14)18(5-2)22-25(23,24)19-11-10-16(20)12-17(19)21/h6-13,18,22H,4-5H2,1-3H3. The first-order valence-corrected chi connectivity index (χ1v) is 9.84. The number of sulfonamides is 1. The second-order valence-corrected chi connectivity index (χ2v) is 7.82. The zero-order valence-electron chi connectivity index (χ0n) is 14.6. The van der Waals surface area contributed by atoms with Crippen LogP contribution in [0.15, 0.2) is 47.4 Å². The summed E-state index contributed by atoms with van der Waals surface area (Å²) in [6.45, 7) is 6.09. The third-order valence-corrected chi connectivity index (χ3v) is 5.91. The van der Waals surface area contributed by atoms with E-state index in [2.05, 4.69) is 18.6 Å². The van der Waals surface area contributed by atoms with Crippen molar-refractivity contribution in [3.05, 3.63) is 65.2 Å². The van der Waals surface area contributed by atoms with E-state index in [1.54, 1.807) is 0 Å². The van der Waals surface area contributed by atoms with Gasteiger partial charge < -0.3 is 0 Å². The molecule has 2 aromatic carbocycles. The lowest BCUT2D eigenvalue weighted by Gasteiger charge is -2.19. The molecule has 0 heterocycles. The second kappa shape index (κ2) is 8.06. The SMILES string of the molecule is CCC(C)c1ccc(C(CC)NS(=O)(=O)c2ccc(F)cc2F)cc1. The maximum atomic E-state index is 13.8. The highest BCUT2D eigenvalue weighted by Gasteiger charge is 2.23. The molecule has 6 heteroatoms. The van der Waals surface area contributed by atoms with Crippen molar-refractivity contribution in [3.8, 4) is 0 Å². The van der Waals surface area contributed by atoms with Gasteiger partial charge in [-0.1, -0.05) is 45.0 Å². The molecule has 0 aliphatic carbocycles. The Morgan fingerprint density at radius 2 is 1.56 bits per heavy atom. The van der Waals surface area contributed by atoms with Gasteiger partial charge in [0.1, 0.15) is 16.5 Å². The van der Waals surface area contributed by atoms with Crippen molar-refractivity contribution >= 4 is 10.0 Å². The molecule has 2 unspecified atom stereocenters. The molecule has 0 saturated carbocycles. The van der Waals surface area contributed by atoms with Crippen LogP contribution in [0, 0.1) is 11.6 Å². The van der Waals surface area contributed by atoms with E-state index in [0.717, 1.165) is 24.1 Å². The Balaban J connectivity index is 2.26. The Bertz CT molecular complexity index is 820. The Morgan fingerprint density at radius 1 is 0.960 bits per heavy atom. The van der Waals surface area contributed by atoms with Crippen LogP contribution in [0.2, 0.25) is 0 Å². The monoisotopic (exact) mass is 367 g/mol. The topological polar surface area (TPSA) is 46.2 Å². The summed E-state index contributed by atoms with van der Waals surface area (Å²) in [7, 11) is -4.09. The van der Waals surface area contributed by atoms with Gasteiger partial charge in [-0.05, 0) is 42.0 Å². The van der Waals surface area contributed by atoms with Crippen molar-refractivity contribution in [1.82, 2.24) is 4.72 Å². The van der Waals surface area contributed by atoms with E-state index >= 15 is 0 Å². The maximum absolute atomic E-state index is 13.8. The molecule has 0 radical (unpaired) electrons. The fraction of sp³-hybridized carbons (Fsp3) is 0.368. The summed E-state index contributed by atoms with van der Waals surface area (Å²) in [4.78, 5) is -0.552. The fourth-order valence-corrected chi connectivity index (χ4v) is 3.99. The first-order chi connectivity index (χ1) is 11.8. The molecule has 0 fully saturated rings. The quantitative estimate of drug-likeness (QED) is 0.756. The average molecular weight is 367 g/mol. The van der Waals surface area contributed by atoms with Gasteiger partial charge in [-0.15, -0.1) is 0 Å². The minimum atomic E-state index is -4.09. The van der Waals surface area contributed by atoms with E-state index in [-0.39, 0.29) is 0 Å². The predicted molar refractivity (Wildman–Crippen MR) is 94.9 cm³/mol. The van der Waals surface area contributed by atoms with Gasteiger partial charge in [0.05, 0.1) is 0 Å². The molecule has 0 aromatic heterocycles. The largest absolute Gasteiger partial charge is 0.244 e. The van der Waals surface area contributed by atoms with E-state index in [4.69, 9.17) is 0 Å². The molecule has 0 aliphatic rings. The van der Waals surface area contributed by atoms with Gasteiger partial charge >= 0.3 is 0 Å². The van der Waals surface area contributed by atoms with E-state index in [0.29, 0.717) is 18.4 Å². The molecule has 0 amide bonds. The number of nitrogens with one attached hydrogen (secondary N) is 1. The van der Waals surface area contributed by atoms with E-state index in [1.807, 2.05) is 31.2 Å². The summed E-state index contributed by atoms with van der Waals surface area (Å²) in [5.41, 5.74) is 1.99. The lowest BCUT2D eigenvalue weighted by Crippen LogP contribution is -2.29. The third-order valence-electron chi connectivity index (χ3n) is 4.41. The highest BCUT2D eigenvalue weighted by atomic mass is 32.2. The van der Waals surface area contributed by atoms with Crippen LogP contribution in [0.25, 0.3) is 0 Å². The smallest absolute Gasteiger partial charge is 0.207 e. The molecule has 25 heavy (non-hydrogen) atoms. The normalized spacial score (nSPS) is 14.3. The first kappa shape index (κ1) is 19.5. The van der Waals surface area contributed by atoms with Gasteiger partial charge in [0.2, 0.25) is 10.0 Å². The van der Waals surface area contributed by atoms with E-state index in [9.17, 15) is 17.2 Å². The molecule has 3 nitrogen and oxygen atoms in total. The van der Waals surface area contributed by atoms with Crippen LogP contribution in [0.4, 0.5) is 8.78 Å². The summed E-state index contributed by atoms with van der Waals surface area (Å²) in [5, 5.41) is 0. The van der Waals surface area contributed by atoms with E-state index < -0.39 is 32.6 Å². The zero-order chi connectivity index (χ0) is 18.6. The van der Waals surface area contributed by atoms with Crippen LogP contribution in [-0.4, -0.2) is 8.42 Å². The molecular formula is C19H23F2NO2S. The minimum Gasteiger partial charge on any atom is -0.207 e.